The maximum absolute atomic E-state index is 15.1. The van der Waals surface area contributed by atoms with Crippen LogP contribution < -0.4 is 15.4 Å². The molecule has 0 aromatic carbocycles. The van der Waals surface area contributed by atoms with Gasteiger partial charge in [0.15, 0.2) is 0 Å². The second kappa shape index (κ2) is 13.2. The van der Waals surface area contributed by atoms with Gasteiger partial charge in [0.05, 0.1) is 0 Å². The van der Waals surface area contributed by atoms with Crippen LogP contribution in [0.1, 0.15) is 121 Å². The SMILES string of the molecule is C=C[C@@H]1C[C@]1(NC(=O)[C@@H]1C[C@@]2(CN1C(=O)[C@@H](NC(=O)[C@@H](N(C(=O)O)C(C)(C)C)C(C)(C)C)C(C)(C)C)C(C)(C)C21CCC1)C(=O)NS(=O)(=O)N1CCCC1. The molecule has 0 aromatic heterocycles. The molecule has 4 N–H and O–H groups in total. The zero-order chi connectivity index (χ0) is 40.8. The van der Waals surface area contributed by atoms with Gasteiger partial charge < -0.3 is 20.6 Å². The molecule has 14 nitrogen and oxygen atoms in total. The van der Waals surface area contributed by atoms with Crippen LogP contribution in [0.15, 0.2) is 12.7 Å². The van der Waals surface area contributed by atoms with Crippen molar-refractivity contribution in [1.29, 1.82) is 0 Å². The highest BCUT2D eigenvalue weighted by atomic mass is 32.2. The van der Waals surface area contributed by atoms with E-state index in [1.54, 1.807) is 46.4 Å². The highest BCUT2D eigenvalue weighted by Crippen LogP contribution is 2.88. The summed E-state index contributed by atoms with van der Waals surface area (Å²) in [6, 6.07) is -3.30. The minimum absolute atomic E-state index is 0.0534. The maximum atomic E-state index is 15.1. The number of nitrogens with zero attached hydrogens (tertiary/aromatic N) is 3. The first-order valence-electron chi connectivity index (χ1n) is 19.4. The predicted molar refractivity (Wildman–Crippen MR) is 204 cm³/mol. The Morgan fingerprint density at radius 3 is 1.87 bits per heavy atom. The third kappa shape index (κ3) is 6.62. The molecular weight excluding hydrogens is 713 g/mol. The van der Waals surface area contributed by atoms with Gasteiger partial charge in [-0.25, -0.2) is 9.52 Å². The number of nitrogens with one attached hydrogen (secondary N) is 3. The van der Waals surface area contributed by atoms with E-state index < -0.39 is 85.9 Å². The number of rotatable bonds is 10. The van der Waals surface area contributed by atoms with Crippen LogP contribution in [-0.2, 0) is 29.4 Å². The lowest BCUT2D eigenvalue weighted by Gasteiger charge is -2.45. The van der Waals surface area contributed by atoms with Crippen LogP contribution >= 0.6 is 0 Å². The molecule has 2 heterocycles. The number of carbonyl (C=O) groups excluding carboxylic acids is 4. The fourth-order valence-electron chi connectivity index (χ4n) is 10.3. The van der Waals surface area contributed by atoms with E-state index in [4.69, 9.17) is 0 Å². The molecular formula is C39H64N6O8S. The van der Waals surface area contributed by atoms with Crippen LogP contribution in [0, 0.1) is 33.0 Å². The fourth-order valence-corrected chi connectivity index (χ4v) is 11.6. The Balaban J connectivity index is 1.48. The quantitative estimate of drug-likeness (QED) is 0.240. The lowest BCUT2D eigenvalue weighted by Crippen LogP contribution is -2.65. The average molecular weight is 777 g/mol. The van der Waals surface area contributed by atoms with E-state index in [0.29, 0.717) is 32.4 Å². The summed E-state index contributed by atoms with van der Waals surface area (Å²) in [6.07, 6.45) is 5.16. The summed E-state index contributed by atoms with van der Waals surface area (Å²) in [5, 5.41) is 16.2. The molecule has 0 unspecified atom stereocenters. The summed E-state index contributed by atoms with van der Waals surface area (Å²) in [6.45, 7) is 25.0. The van der Waals surface area contributed by atoms with Gasteiger partial charge >= 0.3 is 16.3 Å². The molecule has 0 bridgehead atoms. The van der Waals surface area contributed by atoms with E-state index in [1.165, 1.54) is 10.4 Å². The second-order valence-electron chi connectivity index (χ2n) is 20.3. The third-order valence-corrected chi connectivity index (χ3v) is 15.2. The lowest BCUT2D eigenvalue weighted by atomic mass is 9.73. The third-order valence-electron chi connectivity index (χ3n) is 13.7. The van der Waals surface area contributed by atoms with Gasteiger partial charge in [-0.1, -0.05) is 67.9 Å². The average Bonchev–Trinajstić information content (AvgIpc) is 3.47. The molecule has 5 rings (SSSR count). The summed E-state index contributed by atoms with van der Waals surface area (Å²) in [5.41, 5.74) is -4.80. The smallest absolute Gasteiger partial charge is 0.408 e. The first-order valence-corrected chi connectivity index (χ1v) is 20.9. The van der Waals surface area contributed by atoms with Gasteiger partial charge in [-0.3, -0.25) is 24.1 Å². The number of fused-ring (bicyclic) bond motifs is 1. The van der Waals surface area contributed by atoms with Crippen LogP contribution in [-0.4, -0.2) is 106 Å². The van der Waals surface area contributed by atoms with Gasteiger partial charge in [-0.05, 0) is 81.0 Å². The second-order valence-corrected chi connectivity index (χ2v) is 21.9. The van der Waals surface area contributed by atoms with E-state index in [0.717, 1.165) is 24.2 Å². The van der Waals surface area contributed by atoms with Crippen molar-refractivity contribution in [1.82, 2.24) is 29.5 Å². The van der Waals surface area contributed by atoms with E-state index >= 15 is 4.79 Å². The number of hydrogen-bond donors (Lipinski definition) is 4. The Kier molecular flexibility index (Phi) is 10.3. The number of carbonyl (C=O) groups is 5. The molecule has 5 amide bonds. The molecule has 0 aromatic rings. The molecule has 5 fully saturated rings. The van der Waals surface area contributed by atoms with E-state index in [9.17, 15) is 32.7 Å². The van der Waals surface area contributed by atoms with Crippen LogP contribution in [0.2, 0.25) is 0 Å². The molecule has 304 valence electrons. The van der Waals surface area contributed by atoms with Gasteiger partial charge in [0, 0.05) is 36.5 Å². The Morgan fingerprint density at radius 1 is 0.889 bits per heavy atom. The normalized spacial score (nSPS) is 29.9. The monoisotopic (exact) mass is 776 g/mol. The molecule has 2 spiro atoms. The van der Waals surface area contributed by atoms with Gasteiger partial charge in [-0.2, -0.15) is 12.7 Å². The van der Waals surface area contributed by atoms with Gasteiger partial charge in [-0.15, -0.1) is 6.58 Å². The molecule has 6 atom stereocenters. The van der Waals surface area contributed by atoms with Crippen LogP contribution in [0.3, 0.4) is 0 Å². The molecule has 2 saturated heterocycles. The predicted octanol–water partition coefficient (Wildman–Crippen LogP) is 4.03. The zero-order valence-electron chi connectivity index (χ0n) is 34.2. The van der Waals surface area contributed by atoms with Crippen molar-refractivity contribution in [3.05, 3.63) is 12.7 Å². The first-order chi connectivity index (χ1) is 24.5. The topological polar surface area (TPSA) is 186 Å². The highest BCUT2D eigenvalue weighted by Gasteiger charge is 2.85. The molecule has 3 aliphatic carbocycles. The summed E-state index contributed by atoms with van der Waals surface area (Å²) in [7, 11) is -4.12. The number of likely N-dealkylation sites (tertiary alicyclic amines) is 1. The summed E-state index contributed by atoms with van der Waals surface area (Å²) in [4.78, 5) is 73.1. The molecule has 5 aliphatic rings. The number of hydrogen-bond acceptors (Lipinski definition) is 7. The van der Waals surface area contributed by atoms with Crippen molar-refractivity contribution in [2.75, 3.05) is 19.6 Å². The van der Waals surface area contributed by atoms with Crippen molar-refractivity contribution in [3.63, 3.8) is 0 Å². The van der Waals surface area contributed by atoms with Crippen molar-refractivity contribution < 1.29 is 37.5 Å². The Bertz CT molecular complexity index is 1700. The fraction of sp³-hybridized carbons (Fsp3) is 0.821. The van der Waals surface area contributed by atoms with Gasteiger partial charge in [0.1, 0.15) is 23.7 Å². The first kappa shape index (κ1) is 42.0. The summed E-state index contributed by atoms with van der Waals surface area (Å²) >= 11 is 0. The van der Waals surface area contributed by atoms with E-state index in [1.807, 2.05) is 20.8 Å². The van der Waals surface area contributed by atoms with Crippen LogP contribution in [0.5, 0.6) is 0 Å². The molecule has 54 heavy (non-hydrogen) atoms. The van der Waals surface area contributed by atoms with Crippen molar-refractivity contribution in [3.8, 4) is 0 Å². The number of carboxylic acid groups (broad SMARTS) is 1. The highest BCUT2D eigenvalue weighted by molar-refractivity contribution is 7.87. The largest absolute Gasteiger partial charge is 0.465 e. The Morgan fingerprint density at radius 2 is 1.46 bits per heavy atom. The lowest BCUT2D eigenvalue weighted by molar-refractivity contribution is -0.146. The standard InChI is InChI=1S/C39H64N6O8S/c1-13-24-21-39(24,31(49)42-54(52,53)43-19-14-15-20-43)41-28(46)25-22-38(36(11,12)37(38)17-16-18-37)23-44(25)30(48)26(33(2,3)4)40-29(47)27(34(5,6)7)45(32(50)51)35(8,9)10/h13,24-27H,1,14-23H2,2-12H3,(H,40,47)(H,41,46)(H,42,49)(H,50,51)/t24-,25+,26-,27-,38-,39-/m1/s1. The summed E-state index contributed by atoms with van der Waals surface area (Å²) < 4.78 is 29.6. The number of amides is 5. The van der Waals surface area contributed by atoms with Crippen molar-refractivity contribution in [2.24, 2.45) is 33.0 Å². The van der Waals surface area contributed by atoms with Crippen molar-refractivity contribution >= 4 is 39.9 Å². The van der Waals surface area contributed by atoms with Gasteiger partial charge in [0.2, 0.25) is 17.7 Å². The van der Waals surface area contributed by atoms with Gasteiger partial charge in [0.25, 0.3) is 5.91 Å². The van der Waals surface area contributed by atoms with Crippen LogP contribution in [0.25, 0.3) is 0 Å². The van der Waals surface area contributed by atoms with E-state index in [2.05, 4.69) is 35.8 Å². The Labute approximate surface area is 321 Å². The van der Waals surface area contributed by atoms with Crippen LogP contribution in [0.4, 0.5) is 4.79 Å². The zero-order valence-corrected chi connectivity index (χ0v) is 35.0. The maximum Gasteiger partial charge on any atom is 0.408 e. The molecule has 15 heteroatoms. The van der Waals surface area contributed by atoms with Crippen molar-refractivity contribution in [2.45, 2.75) is 150 Å². The van der Waals surface area contributed by atoms with E-state index in [-0.39, 0.29) is 29.2 Å². The Hall–Kier alpha value is -3.20. The molecule has 2 aliphatic heterocycles. The minimum Gasteiger partial charge on any atom is -0.465 e. The minimum atomic E-state index is -4.12. The molecule has 3 saturated carbocycles. The molecule has 0 radical (unpaired) electrons. The summed E-state index contributed by atoms with van der Waals surface area (Å²) in [5.74, 6) is -3.00.